The van der Waals surface area contributed by atoms with Crippen molar-refractivity contribution in [1.82, 2.24) is 0 Å². The van der Waals surface area contributed by atoms with Crippen molar-refractivity contribution in [3.8, 4) is 0 Å². The number of carbonyl (C=O) groups is 3. The van der Waals surface area contributed by atoms with E-state index in [1.165, 1.54) is 26.4 Å². The SMILES string of the molecule is CO[C@@H]1[C@H](O)[C@@H](C)O[C@@H](OCC2[C@@H](C)OC(=O)/C=C\[C@H](C)[C@@H](O[C@@H]3O[C@H](C)C[C@@]4(OC(=O)O[C@H]4C)[C@H]3O)[C@@H](C)C[C@@H](C)C(=O)/C=C/[C@@H]3O[C@@H]23)[C@@H]1OC. The Hall–Kier alpha value is -2.47. The lowest BCUT2D eigenvalue weighted by Gasteiger charge is -2.46. The van der Waals surface area contributed by atoms with E-state index in [-0.39, 0.29) is 24.7 Å². The summed E-state index contributed by atoms with van der Waals surface area (Å²) in [5.41, 5.74) is -1.35. The number of aliphatic hydroxyl groups is 2. The second-order valence-corrected chi connectivity index (χ2v) is 15.0. The standard InChI is InChI=1S/C37H56O15/c1-17-10-13-27(39)47-21(5)24(16-45-34-32(44-9)31(43-8)28(40)22(6)48-34)30-26(50-30)12-11-25(38)18(2)14-19(3)29(17)51-35-33(41)37(15-20(4)46-35)23(7)49-36(42)52-37/h10-13,17-24,26,28-35,40-41H,14-16H2,1-9H3/b12-11+,13-10-/t17-,18+,19-,20+,21+,22+,23-,24?,26-,28+,29+,30-,31+,32+,33-,34+,35-,37-/m0/s1. The lowest BCUT2D eigenvalue weighted by molar-refractivity contribution is -0.308. The number of rotatable bonds is 7. The molecule has 0 bridgehead atoms. The smallest absolute Gasteiger partial charge is 0.459 e. The first kappa shape index (κ1) is 40.7. The summed E-state index contributed by atoms with van der Waals surface area (Å²) in [6, 6.07) is 0. The number of fused-ring (bicyclic) bond motifs is 1. The van der Waals surface area contributed by atoms with Crippen LogP contribution in [0.4, 0.5) is 4.79 Å². The van der Waals surface area contributed by atoms with E-state index in [0.29, 0.717) is 6.42 Å². The summed E-state index contributed by atoms with van der Waals surface area (Å²) in [6.45, 7) is 12.6. The normalized spacial score (nSPS) is 48.7. The number of allylic oxidation sites excluding steroid dienone is 1. The van der Waals surface area contributed by atoms with E-state index in [1.807, 2.05) is 20.8 Å². The third-order valence-corrected chi connectivity index (χ3v) is 11.2. The number of ketones is 1. The Labute approximate surface area is 305 Å². The minimum atomic E-state index is -1.36. The maximum Gasteiger partial charge on any atom is 0.509 e. The van der Waals surface area contributed by atoms with Crippen LogP contribution in [-0.2, 0) is 57.0 Å². The van der Waals surface area contributed by atoms with Gasteiger partial charge in [0.05, 0.1) is 31.0 Å². The minimum absolute atomic E-state index is 0.0493. The van der Waals surface area contributed by atoms with Crippen molar-refractivity contribution in [2.75, 3.05) is 20.8 Å². The molecule has 15 nitrogen and oxygen atoms in total. The van der Waals surface area contributed by atoms with E-state index < -0.39 is 115 Å². The van der Waals surface area contributed by atoms with Crippen LogP contribution >= 0.6 is 0 Å². The fourth-order valence-corrected chi connectivity index (χ4v) is 7.99. The van der Waals surface area contributed by atoms with Crippen molar-refractivity contribution in [3.63, 3.8) is 0 Å². The van der Waals surface area contributed by atoms with Gasteiger partial charge in [-0.05, 0) is 52.2 Å². The average molecular weight is 741 g/mol. The van der Waals surface area contributed by atoms with Crippen LogP contribution in [0.15, 0.2) is 24.3 Å². The highest BCUT2D eigenvalue weighted by atomic mass is 16.8. The van der Waals surface area contributed by atoms with Gasteiger partial charge in [0.25, 0.3) is 0 Å². The molecule has 5 aliphatic rings. The van der Waals surface area contributed by atoms with E-state index >= 15 is 0 Å². The Morgan fingerprint density at radius 3 is 2.19 bits per heavy atom. The molecule has 4 saturated heterocycles. The molecule has 2 N–H and O–H groups in total. The van der Waals surface area contributed by atoms with Crippen molar-refractivity contribution >= 4 is 17.9 Å². The Bertz CT molecular complexity index is 1320. The number of epoxide rings is 1. The Morgan fingerprint density at radius 1 is 0.827 bits per heavy atom. The second-order valence-electron chi connectivity index (χ2n) is 15.0. The lowest BCUT2D eigenvalue weighted by atomic mass is 9.82. The largest absolute Gasteiger partial charge is 0.509 e. The number of carbonyl (C=O) groups excluding carboxylic acids is 3. The van der Waals surface area contributed by atoms with Gasteiger partial charge in [0.2, 0.25) is 0 Å². The molecule has 52 heavy (non-hydrogen) atoms. The highest BCUT2D eigenvalue weighted by Crippen LogP contribution is 2.42. The zero-order chi connectivity index (χ0) is 38.1. The summed E-state index contributed by atoms with van der Waals surface area (Å²) in [6.07, 6.45) is -3.65. The summed E-state index contributed by atoms with van der Waals surface area (Å²) < 4.78 is 58.3. The van der Waals surface area contributed by atoms with Crippen LogP contribution in [0.5, 0.6) is 0 Å². The van der Waals surface area contributed by atoms with Gasteiger partial charge in [-0.15, -0.1) is 0 Å². The number of hydrogen-bond donors (Lipinski definition) is 2. The number of ether oxygens (including phenoxy) is 10. The van der Waals surface area contributed by atoms with Gasteiger partial charge >= 0.3 is 12.1 Å². The van der Waals surface area contributed by atoms with Crippen molar-refractivity contribution in [1.29, 1.82) is 0 Å². The van der Waals surface area contributed by atoms with Crippen LogP contribution in [-0.4, -0.2) is 134 Å². The summed E-state index contributed by atoms with van der Waals surface area (Å²) in [4.78, 5) is 38.7. The van der Waals surface area contributed by atoms with Crippen LogP contribution in [0.1, 0.15) is 61.3 Å². The quantitative estimate of drug-likeness (QED) is 0.286. The summed E-state index contributed by atoms with van der Waals surface area (Å²) in [5, 5.41) is 22.0. The Kier molecular flexibility index (Phi) is 13.2. The molecular weight excluding hydrogens is 684 g/mol. The third kappa shape index (κ3) is 8.74. The highest BCUT2D eigenvalue weighted by molar-refractivity contribution is 5.91. The predicted octanol–water partition coefficient (Wildman–Crippen LogP) is 2.62. The molecule has 1 unspecified atom stereocenters. The maximum atomic E-state index is 13.4. The van der Waals surface area contributed by atoms with Crippen LogP contribution in [0.2, 0.25) is 0 Å². The Balaban J connectivity index is 1.34. The van der Waals surface area contributed by atoms with Crippen LogP contribution < -0.4 is 0 Å². The molecular formula is C37H56O15. The monoisotopic (exact) mass is 740 g/mol. The molecule has 0 saturated carbocycles. The molecule has 0 radical (unpaired) electrons. The molecule has 1 spiro atoms. The molecule has 15 heteroatoms. The first-order valence-electron chi connectivity index (χ1n) is 18.3. The average Bonchev–Trinajstić information content (AvgIpc) is 3.79. The van der Waals surface area contributed by atoms with Gasteiger partial charge in [-0.1, -0.05) is 26.8 Å². The first-order valence-corrected chi connectivity index (χ1v) is 18.3. The predicted molar refractivity (Wildman–Crippen MR) is 181 cm³/mol. The lowest BCUT2D eigenvalue weighted by Crippen LogP contribution is -2.62. The number of esters is 1. The maximum absolute atomic E-state index is 13.4. The van der Waals surface area contributed by atoms with Gasteiger partial charge in [-0.25, -0.2) is 9.59 Å². The molecule has 294 valence electrons. The van der Waals surface area contributed by atoms with E-state index in [0.717, 1.165) is 0 Å². The van der Waals surface area contributed by atoms with Crippen molar-refractivity contribution in [2.24, 2.45) is 23.7 Å². The van der Waals surface area contributed by atoms with Gasteiger partial charge in [0.15, 0.2) is 24.0 Å². The second kappa shape index (κ2) is 16.9. The number of hydrogen-bond acceptors (Lipinski definition) is 15. The molecule has 0 aromatic carbocycles. The van der Waals surface area contributed by atoms with E-state index in [9.17, 15) is 24.6 Å². The molecule has 0 aromatic rings. The minimum Gasteiger partial charge on any atom is -0.459 e. The molecule has 5 rings (SSSR count). The molecule has 0 amide bonds. The molecule has 18 atom stereocenters. The molecule has 0 aromatic heterocycles. The van der Waals surface area contributed by atoms with E-state index in [1.54, 1.807) is 39.8 Å². The highest BCUT2D eigenvalue weighted by Gasteiger charge is 2.61. The summed E-state index contributed by atoms with van der Waals surface area (Å²) in [5.74, 6) is -2.20. The summed E-state index contributed by atoms with van der Waals surface area (Å²) >= 11 is 0. The van der Waals surface area contributed by atoms with E-state index in [2.05, 4.69) is 0 Å². The fraction of sp³-hybridized carbons (Fsp3) is 0.811. The topological polar surface area (TPSA) is 187 Å². The zero-order valence-electron chi connectivity index (χ0n) is 31.4. The van der Waals surface area contributed by atoms with Crippen LogP contribution in [0, 0.1) is 23.7 Å². The number of methoxy groups -OCH3 is 2. The number of aliphatic hydroxyl groups excluding tert-OH is 2. The zero-order valence-corrected chi connectivity index (χ0v) is 31.4. The number of cyclic esters (lactones) is 2. The first-order chi connectivity index (χ1) is 24.6. The summed E-state index contributed by atoms with van der Waals surface area (Å²) in [7, 11) is 2.96. The van der Waals surface area contributed by atoms with Crippen LogP contribution in [0.25, 0.3) is 0 Å². The molecule has 0 aliphatic carbocycles. The fourth-order valence-electron chi connectivity index (χ4n) is 7.99. The molecule has 4 fully saturated rings. The van der Waals surface area contributed by atoms with Crippen LogP contribution in [0.3, 0.4) is 0 Å². The molecule has 5 aliphatic heterocycles. The van der Waals surface area contributed by atoms with Gasteiger partial charge in [-0.2, -0.15) is 0 Å². The van der Waals surface area contributed by atoms with Crippen molar-refractivity contribution < 1.29 is 72.0 Å². The van der Waals surface area contributed by atoms with Gasteiger partial charge < -0.3 is 57.6 Å². The van der Waals surface area contributed by atoms with Crippen molar-refractivity contribution in [2.45, 2.75) is 147 Å². The van der Waals surface area contributed by atoms with Gasteiger partial charge in [0.1, 0.15) is 42.7 Å². The molecule has 5 heterocycles. The van der Waals surface area contributed by atoms with E-state index in [4.69, 9.17) is 47.4 Å². The van der Waals surface area contributed by atoms with Gasteiger partial charge in [0, 0.05) is 44.5 Å². The van der Waals surface area contributed by atoms with Gasteiger partial charge in [-0.3, -0.25) is 4.79 Å². The van der Waals surface area contributed by atoms with Crippen molar-refractivity contribution in [3.05, 3.63) is 24.3 Å². The third-order valence-electron chi connectivity index (χ3n) is 11.2. The Morgan fingerprint density at radius 2 is 1.54 bits per heavy atom.